The van der Waals surface area contributed by atoms with Crippen LogP contribution in [-0.4, -0.2) is 9.13 Å². The molecular weight excluding hydrogens is 653 g/mol. The fourth-order valence-corrected chi connectivity index (χ4v) is 9.98. The lowest BCUT2D eigenvalue weighted by atomic mass is 9.82. The third-order valence-corrected chi connectivity index (χ3v) is 12.5. The minimum absolute atomic E-state index is 0.0675. The van der Waals surface area contributed by atoms with Gasteiger partial charge in [-0.15, -0.1) is 11.3 Å². The van der Waals surface area contributed by atoms with E-state index in [1.807, 2.05) is 47.7 Å². The molecule has 10 aromatic rings. The summed E-state index contributed by atoms with van der Waals surface area (Å²) in [4.78, 5) is 0. The van der Waals surface area contributed by atoms with Crippen LogP contribution in [0.2, 0.25) is 0 Å². The predicted octanol–water partition coefficient (Wildman–Crippen LogP) is 12.3. The van der Waals surface area contributed by atoms with Crippen LogP contribution >= 0.6 is 11.3 Å². The lowest BCUT2D eigenvalue weighted by molar-refractivity contribution is 0.661. The van der Waals surface area contributed by atoms with Gasteiger partial charge >= 0.3 is 0 Å². The Morgan fingerprint density at radius 2 is 1.02 bits per heavy atom. The minimum Gasteiger partial charge on any atom is -0.309 e. The molecule has 52 heavy (non-hydrogen) atoms. The van der Waals surface area contributed by atoms with Crippen molar-refractivity contribution in [3.8, 4) is 34.6 Å². The van der Waals surface area contributed by atoms with Crippen molar-refractivity contribution < 1.29 is 0 Å². The Morgan fingerprint density at radius 1 is 0.462 bits per heavy atom. The van der Waals surface area contributed by atoms with Gasteiger partial charge in [0.05, 0.1) is 45.3 Å². The number of para-hydroxylation sites is 1. The third kappa shape index (κ3) is 3.78. The predicted molar refractivity (Wildman–Crippen MR) is 215 cm³/mol. The molecule has 0 saturated carbocycles. The summed E-state index contributed by atoms with van der Waals surface area (Å²) in [5.74, 6) is 0. The van der Waals surface area contributed by atoms with Crippen LogP contribution in [0, 0.1) is 22.7 Å². The molecule has 0 aliphatic heterocycles. The molecule has 3 aromatic heterocycles. The van der Waals surface area contributed by atoms with Crippen LogP contribution < -0.4 is 0 Å². The maximum absolute atomic E-state index is 9.69. The standard InChI is InChI=1S/C47H28N4S/c1-47(2)39-9-5-3-7-31(39)33-24-44-36(23-40(33)47)32-8-4-6-10-41(32)51(44)30-14-18-46-38(22-30)37-21-29(13-17-45(37)52-46)50-42-15-11-27(25-48)19-34(42)35-20-28(26-49)12-16-43(35)50/h3-24H,1-2H3. The highest BCUT2D eigenvalue weighted by molar-refractivity contribution is 7.25. The van der Waals surface area contributed by atoms with Crippen molar-refractivity contribution in [1.29, 1.82) is 10.5 Å². The number of thiophene rings is 1. The van der Waals surface area contributed by atoms with Gasteiger partial charge in [0.15, 0.2) is 0 Å². The lowest BCUT2D eigenvalue weighted by Crippen LogP contribution is -2.14. The van der Waals surface area contributed by atoms with E-state index in [0.717, 1.165) is 33.2 Å². The zero-order valence-corrected chi connectivity index (χ0v) is 29.2. The molecule has 0 unspecified atom stereocenters. The molecule has 7 aromatic carbocycles. The number of nitrogens with zero attached hydrogens (tertiary/aromatic N) is 4. The van der Waals surface area contributed by atoms with Crippen molar-refractivity contribution in [1.82, 2.24) is 9.13 Å². The van der Waals surface area contributed by atoms with E-state index < -0.39 is 0 Å². The number of aromatic nitrogens is 2. The summed E-state index contributed by atoms with van der Waals surface area (Å²) in [5.41, 5.74) is 13.1. The first-order valence-corrected chi connectivity index (χ1v) is 18.3. The molecule has 1 aliphatic carbocycles. The average Bonchev–Trinajstić information content (AvgIpc) is 3.88. The van der Waals surface area contributed by atoms with E-state index in [9.17, 15) is 10.5 Å². The van der Waals surface area contributed by atoms with Crippen LogP contribution in [0.15, 0.2) is 133 Å². The van der Waals surface area contributed by atoms with Gasteiger partial charge in [0.25, 0.3) is 0 Å². The normalized spacial score (nSPS) is 13.3. The zero-order valence-electron chi connectivity index (χ0n) is 28.4. The second kappa shape index (κ2) is 10.2. The van der Waals surface area contributed by atoms with E-state index in [0.29, 0.717) is 11.1 Å². The van der Waals surface area contributed by atoms with Crippen molar-refractivity contribution in [2.75, 3.05) is 0 Å². The largest absolute Gasteiger partial charge is 0.309 e. The molecule has 0 spiro atoms. The van der Waals surface area contributed by atoms with Crippen molar-refractivity contribution in [3.63, 3.8) is 0 Å². The Hall–Kier alpha value is -6.66. The summed E-state index contributed by atoms with van der Waals surface area (Å²) in [7, 11) is 0. The Labute approximate surface area is 303 Å². The molecule has 4 nitrogen and oxygen atoms in total. The fourth-order valence-electron chi connectivity index (χ4n) is 8.91. The van der Waals surface area contributed by atoms with Crippen LogP contribution in [0.4, 0.5) is 0 Å². The molecular formula is C47H28N4S. The maximum Gasteiger partial charge on any atom is 0.0991 e. The van der Waals surface area contributed by atoms with Crippen LogP contribution in [0.5, 0.6) is 0 Å². The van der Waals surface area contributed by atoms with E-state index in [-0.39, 0.29) is 5.41 Å². The molecule has 3 heterocycles. The Balaban J connectivity index is 1.15. The lowest BCUT2D eigenvalue weighted by Gasteiger charge is -2.21. The molecule has 11 rings (SSSR count). The Morgan fingerprint density at radius 3 is 1.67 bits per heavy atom. The van der Waals surface area contributed by atoms with Crippen LogP contribution in [0.25, 0.3) is 86.3 Å². The van der Waals surface area contributed by atoms with Gasteiger partial charge < -0.3 is 9.13 Å². The summed E-state index contributed by atoms with van der Waals surface area (Å²) in [6.07, 6.45) is 0. The summed E-state index contributed by atoms with van der Waals surface area (Å²) in [5, 5.41) is 26.3. The molecule has 0 bridgehead atoms. The maximum atomic E-state index is 9.69. The van der Waals surface area contributed by atoms with E-state index in [4.69, 9.17) is 0 Å². The van der Waals surface area contributed by atoms with Gasteiger partial charge in [-0.2, -0.15) is 10.5 Å². The fraction of sp³-hybridized carbons (Fsp3) is 0.0638. The second-order valence-corrected chi connectivity index (χ2v) is 15.5. The van der Waals surface area contributed by atoms with E-state index in [1.165, 1.54) is 64.2 Å². The molecule has 0 saturated heterocycles. The van der Waals surface area contributed by atoms with Gasteiger partial charge in [0.2, 0.25) is 0 Å². The van der Waals surface area contributed by atoms with Crippen LogP contribution in [0.3, 0.4) is 0 Å². The average molecular weight is 681 g/mol. The SMILES string of the molecule is CC1(C)c2ccccc2-c2cc3c(cc21)c1ccccc1n3-c1ccc2sc3ccc(-n4c5ccc(C#N)cc5c5cc(C#N)ccc54)cc3c2c1. The Kier molecular flexibility index (Phi) is 5.71. The first-order valence-electron chi connectivity index (χ1n) is 17.5. The molecule has 242 valence electrons. The van der Waals surface area contributed by atoms with Crippen molar-refractivity contribution >= 4 is 75.1 Å². The molecule has 0 fully saturated rings. The van der Waals surface area contributed by atoms with Gasteiger partial charge in [0, 0.05) is 58.5 Å². The third-order valence-electron chi connectivity index (χ3n) is 11.4. The van der Waals surface area contributed by atoms with E-state index in [2.05, 4.69) is 132 Å². The zero-order chi connectivity index (χ0) is 34.9. The number of fused-ring (bicyclic) bond motifs is 12. The highest BCUT2D eigenvalue weighted by Gasteiger charge is 2.36. The summed E-state index contributed by atoms with van der Waals surface area (Å²) < 4.78 is 7.17. The van der Waals surface area contributed by atoms with Crippen molar-refractivity contribution in [2.24, 2.45) is 0 Å². The number of hydrogen-bond acceptors (Lipinski definition) is 3. The van der Waals surface area contributed by atoms with E-state index >= 15 is 0 Å². The molecule has 0 radical (unpaired) electrons. The minimum atomic E-state index is -0.0675. The van der Waals surface area contributed by atoms with E-state index in [1.54, 1.807) is 0 Å². The van der Waals surface area contributed by atoms with Gasteiger partial charge in [-0.3, -0.25) is 0 Å². The number of benzene rings is 7. The van der Waals surface area contributed by atoms with Gasteiger partial charge in [-0.25, -0.2) is 0 Å². The topological polar surface area (TPSA) is 57.4 Å². The van der Waals surface area contributed by atoms with Crippen LogP contribution in [-0.2, 0) is 5.41 Å². The molecule has 0 N–H and O–H groups in total. The number of rotatable bonds is 2. The van der Waals surface area contributed by atoms with Crippen molar-refractivity contribution in [3.05, 3.63) is 156 Å². The van der Waals surface area contributed by atoms with Gasteiger partial charge in [-0.05, 0) is 113 Å². The molecule has 0 amide bonds. The number of hydrogen-bond donors (Lipinski definition) is 0. The summed E-state index contributed by atoms with van der Waals surface area (Å²) >= 11 is 1.82. The van der Waals surface area contributed by atoms with Gasteiger partial charge in [-0.1, -0.05) is 56.3 Å². The van der Waals surface area contributed by atoms with Crippen LogP contribution in [0.1, 0.15) is 36.1 Å². The van der Waals surface area contributed by atoms with Crippen molar-refractivity contribution in [2.45, 2.75) is 19.3 Å². The highest BCUT2D eigenvalue weighted by Crippen LogP contribution is 2.51. The highest BCUT2D eigenvalue weighted by atomic mass is 32.1. The molecule has 5 heteroatoms. The smallest absolute Gasteiger partial charge is 0.0991 e. The quantitative estimate of drug-likeness (QED) is 0.182. The second-order valence-electron chi connectivity index (χ2n) is 14.4. The first-order chi connectivity index (χ1) is 25.4. The first kappa shape index (κ1) is 29.1. The van der Waals surface area contributed by atoms with Gasteiger partial charge in [0.1, 0.15) is 0 Å². The summed E-state index contributed by atoms with van der Waals surface area (Å²) in [6, 6.07) is 52.3. The number of nitriles is 2. The molecule has 1 aliphatic rings. The Bertz CT molecular complexity index is 3230. The molecule has 0 atom stereocenters. The monoisotopic (exact) mass is 680 g/mol. The summed E-state index contributed by atoms with van der Waals surface area (Å²) in [6.45, 7) is 4.69.